The third kappa shape index (κ3) is 3.61. The van der Waals surface area contributed by atoms with Crippen LogP contribution in [0.3, 0.4) is 0 Å². The van der Waals surface area contributed by atoms with Crippen LogP contribution in [0.1, 0.15) is 12.0 Å². The number of carbonyl (C=O) groups excluding carboxylic acids is 1. The van der Waals surface area contributed by atoms with E-state index in [1.165, 1.54) is 12.1 Å². The lowest BCUT2D eigenvalue weighted by molar-refractivity contribution is -0.129. The Kier molecular flexibility index (Phi) is 4.32. The largest absolute Gasteiger partial charge is 0.472 e. The van der Waals surface area contributed by atoms with E-state index in [4.69, 9.17) is 4.74 Å². The Morgan fingerprint density at radius 3 is 2.82 bits per heavy atom. The van der Waals surface area contributed by atoms with Gasteiger partial charge in [0.25, 0.3) is 0 Å². The third-order valence-corrected chi connectivity index (χ3v) is 3.69. The minimum Gasteiger partial charge on any atom is -0.472 e. The first-order valence-corrected chi connectivity index (χ1v) is 7.30. The molecule has 0 spiro atoms. The number of likely N-dealkylation sites (tertiary alicyclic amines) is 1. The van der Waals surface area contributed by atoms with Gasteiger partial charge in [-0.1, -0.05) is 18.2 Å². The molecule has 0 aliphatic carbocycles. The van der Waals surface area contributed by atoms with Crippen LogP contribution in [0, 0.1) is 5.82 Å². The maximum Gasteiger partial charge on any atom is 0.227 e. The molecule has 1 fully saturated rings. The zero-order valence-corrected chi connectivity index (χ0v) is 12.1. The monoisotopic (exact) mass is 300 g/mol. The highest BCUT2D eigenvalue weighted by Crippen LogP contribution is 2.17. The van der Waals surface area contributed by atoms with Crippen LogP contribution in [-0.4, -0.2) is 35.0 Å². The zero-order chi connectivity index (χ0) is 15.4. The van der Waals surface area contributed by atoms with E-state index in [0.717, 1.165) is 12.0 Å². The molecular formula is C17H17FN2O2. The van der Waals surface area contributed by atoms with E-state index >= 15 is 0 Å². The highest BCUT2D eigenvalue weighted by Gasteiger charge is 2.27. The second kappa shape index (κ2) is 6.56. The maximum atomic E-state index is 12.9. The SMILES string of the molecule is O=C(Cc1ccc(F)cc1)N1CCC(Oc2ccccn2)C1. The molecule has 1 saturated heterocycles. The van der Waals surface area contributed by atoms with Crippen molar-refractivity contribution in [2.45, 2.75) is 18.9 Å². The standard InChI is InChI=1S/C17H17FN2O2/c18-14-6-4-13(5-7-14)11-17(21)20-10-8-15(12-20)22-16-3-1-2-9-19-16/h1-7,9,15H,8,10-12H2. The van der Waals surface area contributed by atoms with Gasteiger partial charge in [0.1, 0.15) is 11.9 Å². The van der Waals surface area contributed by atoms with Gasteiger partial charge in [0.2, 0.25) is 11.8 Å². The van der Waals surface area contributed by atoms with Crippen LogP contribution in [0.25, 0.3) is 0 Å². The molecule has 1 atom stereocenters. The van der Waals surface area contributed by atoms with Crippen molar-refractivity contribution in [2.75, 3.05) is 13.1 Å². The molecule has 0 saturated carbocycles. The molecule has 22 heavy (non-hydrogen) atoms. The highest BCUT2D eigenvalue weighted by molar-refractivity contribution is 5.79. The van der Waals surface area contributed by atoms with E-state index in [2.05, 4.69) is 4.98 Å². The fourth-order valence-corrected chi connectivity index (χ4v) is 2.53. The predicted octanol–water partition coefficient (Wildman–Crippen LogP) is 2.44. The van der Waals surface area contributed by atoms with Crippen molar-refractivity contribution in [1.29, 1.82) is 0 Å². The Bertz CT molecular complexity index is 631. The zero-order valence-electron chi connectivity index (χ0n) is 12.1. The molecule has 114 valence electrons. The van der Waals surface area contributed by atoms with E-state index in [0.29, 0.717) is 19.0 Å². The lowest BCUT2D eigenvalue weighted by atomic mass is 10.1. The molecule has 1 aliphatic heterocycles. The smallest absolute Gasteiger partial charge is 0.227 e. The number of carbonyl (C=O) groups is 1. The highest BCUT2D eigenvalue weighted by atomic mass is 19.1. The van der Waals surface area contributed by atoms with Gasteiger partial charge in [-0.25, -0.2) is 9.37 Å². The molecular weight excluding hydrogens is 283 g/mol. The number of benzene rings is 1. The van der Waals surface area contributed by atoms with Crippen molar-refractivity contribution in [2.24, 2.45) is 0 Å². The van der Waals surface area contributed by atoms with Crippen LogP contribution < -0.4 is 4.74 Å². The van der Waals surface area contributed by atoms with Crippen LogP contribution >= 0.6 is 0 Å². The Balaban J connectivity index is 1.53. The van der Waals surface area contributed by atoms with E-state index in [1.54, 1.807) is 23.2 Å². The molecule has 0 radical (unpaired) electrons. The molecule has 2 aromatic rings. The number of hydrogen-bond acceptors (Lipinski definition) is 3. The molecule has 2 heterocycles. The summed E-state index contributed by atoms with van der Waals surface area (Å²) in [6.45, 7) is 1.24. The summed E-state index contributed by atoms with van der Waals surface area (Å²) in [7, 11) is 0. The van der Waals surface area contributed by atoms with Crippen molar-refractivity contribution >= 4 is 5.91 Å². The molecule has 1 aromatic carbocycles. The first-order valence-electron chi connectivity index (χ1n) is 7.30. The van der Waals surface area contributed by atoms with E-state index < -0.39 is 0 Å². The Morgan fingerprint density at radius 1 is 1.27 bits per heavy atom. The fraction of sp³-hybridized carbons (Fsp3) is 0.294. The summed E-state index contributed by atoms with van der Waals surface area (Å²) in [6, 6.07) is 11.5. The van der Waals surface area contributed by atoms with Gasteiger partial charge in [0.15, 0.2) is 0 Å². The summed E-state index contributed by atoms with van der Waals surface area (Å²) in [5, 5.41) is 0. The third-order valence-electron chi connectivity index (χ3n) is 3.69. The topological polar surface area (TPSA) is 42.4 Å². The van der Waals surface area contributed by atoms with Gasteiger partial charge in [0, 0.05) is 25.2 Å². The van der Waals surface area contributed by atoms with Gasteiger partial charge in [-0.05, 0) is 23.8 Å². The quantitative estimate of drug-likeness (QED) is 0.871. The second-order valence-electron chi connectivity index (χ2n) is 5.34. The van der Waals surface area contributed by atoms with Crippen LogP contribution in [0.5, 0.6) is 5.88 Å². The van der Waals surface area contributed by atoms with Gasteiger partial charge < -0.3 is 9.64 Å². The number of nitrogens with zero attached hydrogens (tertiary/aromatic N) is 2. The van der Waals surface area contributed by atoms with Crippen molar-refractivity contribution in [3.8, 4) is 5.88 Å². The fourth-order valence-electron chi connectivity index (χ4n) is 2.53. The molecule has 0 N–H and O–H groups in total. The number of hydrogen-bond donors (Lipinski definition) is 0. The number of aromatic nitrogens is 1. The lowest BCUT2D eigenvalue weighted by Gasteiger charge is -2.17. The van der Waals surface area contributed by atoms with Crippen molar-refractivity contribution in [1.82, 2.24) is 9.88 Å². The molecule has 1 aliphatic rings. The molecule has 1 unspecified atom stereocenters. The average Bonchev–Trinajstić information content (AvgIpc) is 2.99. The number of pyridine rings is 1. The van der Waals surface area contributed by atoms with E-state index in [1.807, 2.05) is 18.2 Å². The first-order chi connectivity index (χ1) is 10.7. The summed E-state index contributed by atoms with van der Waals surface area (Å²) in [4.78, 5) is 18.2. The molecule has 0 bridgehead atoms. The number of halogens is 1. The van der Waals surface area contributed by atoms with Crippen LogP contribution in [-0.2, 0) is 11.2 Å². The number of amides is 1. The summed E-state index contributed by atoms with van der Waals surface area (Å²) in [5.74, 6) is 0.334. The van der Waals surface area contributed by atoms with Crippen LogP contribution in [0.15, 0.2) is 48.7 Å². The Labute approximate surface area is 128 Å². The van der Waals surface area contributed by atoms with Gasteiger partial charge >= 0.3 is 0 Å². The molecule has 1 amide bonds. The summed E-state index contributed by atoms with van der Waals surface area (Å²) >= 11 is 0. The summed E-state index contributed by atoms with van der Waals surface area (Å²) in [6.07, 6.45) is 2.75. The molecule has 3 rings (SSSR count). The van der Waals surface area contributed by atoms with E-state index in [9.17, 15) is 9.18 Å². The van der Waals surface area contributed by atoms with Crippen LogP contribution in [0.2, 0.25) is 0 Å². The number of rotatable bonds is 4. The number of ether oxygens (including phenoxy) is 1. The van der Waals surface area contributed by atoms with Crippen molar-refractivity contribution in [3.63, 3.8) is 0 Å². The maximum absolute atomic E-state index is 12.9. The minimum absolute atomic E-state index is 0.0212. The molecule has 4 nitrogen and oxygen atoms in total. The normalized spacial score (nSPS) is 17.5. The van der Waals surface area contributed by atoms with Gasteiger partial charge in [0.05, 0.1) is 13.0 Å². The summed E-state index contributed by atoms with van der Waals surface area (Å²) < 4.78 is 18.6. The first kappa shape index (κ1) is 14.5. The van der Waals surface area contributed by atoms with Gasteiger partial charge in [-0.3, -0.25) is 4.79 Å². The van der Waals surface area contributed by atoms with Crippen molar-refractivity contribution < 1.29 is 13.9 Å². The predicted molar refractivity (Wildman–Crippen MR) is 80.0 cm³/mol. The van der Waals surface area contributed by atoms with Crippen molar-refractivity contribution in [3.05, 3.63) is 60.0 Å². The lowest BCUT2D eigenvalue weighted by Crippen LogP contribution is -2.32. The Morgan fingerprint density at radius 2 is 2.09 bits per heavy atom. The minimum atomic E-state index is -0.291. The van der Waals surface area contributed by atoms with Crippen LogP contribution in [0.4, 0.5) is 4.39 Å². The van der Waals surface area contributed by atoms with Gasteiger partial charge in [-0.2, -0.15) is 0 Å². The second-order valence-corrected chi connectivity index (χ2v) is 5.34. The average molecular weight is 300 g/mol. The summed E-state index contributed by atoms with van der Waals surface area (Å²) in [5.41, 5.74) is 0.820. The molecule has 1 aromatic heterocycles. The Hall–Kier alpha value is -2.43. The van der Waals surface area contributed by atoms with E-state index in [-0.39, 0.29) is 24.2 Å². The van der Waals surface area contributed by atoms with Gasteiger partial charge in [-0.15, -0.1) is 0 Å². The molecule has 5 heteroatoms.